The Morgan fingerprint density at radius 3 is 2.67 bits per heavy atom. The maximum Gasteiger partial charge on any atom is 0.225 e. The van der Waals surface area contributed by atoms with E-state index in [0.29, 0.717) is 24.1 Å². The van der Waals surface area contributed by atoms with E-state index in [1.54, 1.807) is 0 Å². The Morgan fingerprint density at radius 1 is 1.43 bits per heavy atom. The fraction of sp³-hybridized carbons (Fsp3) is 0.571. The van der Waals surface area contributed by atoms with Crippen molar-refractivity contribution in [2.45, 2.75) is 26.2 Å². The molecular weight excluding hydrogens is 316 g/mol. The van der Waals surface area contributed by atoms with Crippen molar-refractivity contribution in [2.75, 3.05) is 18.4 Å². The van der Waals surface area contributed by atoms with Crippen molar-refractivity contribution in [3.8, 4) is 0 Å². The molecule has 1 unspecified atom stereocenters. The van der Waals surface area contributed by atoms with E-state index in [1.807, 2.05) is 0 Å². The molecule has 0 aromatic carbocycles. The van der Waals surface area contributed by atoms with Gasteiger partial charge in [0.15, 0.2) is 0 Å². The zero-order valence-corrected chi connectivity index (χ0v) is 13.6. The van der Waals surface area contributed by atoms with E-state index in [4.69, 9.17) is 0 Å². The third kappa shape index (κ3) is 6.59. The Balaban J connectivity index is 0.00000200. The molecule has 1 fully saturated rings. The maximum absolute atomic E-state index is 12.7. The average molecular weight is 338 g/mol. The molecule has 2 heterocycles. The largest absolute Gasteiger partial charge is 0.317 e. The number of amides is 1. The van der Waals surface area contributed by atoms with Gasteiger partial charge in [-0.05, 0) is 49.9 Å². The van der Waals surface area contributed by atoms with E-state index in [-0.39, 0.29) is 30.7 Å². The van der Waals surface area contributed by atoms with Gasteiger partial charge in [-0.1, -0.05) is 6.92 Å². The lowest BCUT2D eigenvalue weighted by molar-refractivity contribution is -0.117. The summed E-state index contributed by atoms with van der Waals surface area (Å²) >= 11 is 0. The van der Waals surface area contributed by atoms with Gasteiger partial charge in [0, 0.05) is 6.42 Å². The van der Waals surface area contributed by atoms with Crippen LogP contribution in [-0.4, -0.2) is 24.0 Å². The smallest absolute Gasteiger partial charge is 0.225 e. The topological polar surface area (TPSA) is 54.0 Å². The second-order valence-corrected chi connectivity index (χ2v) is 5.18. The summed E-state index contributed by atoms with van der Waals surface area (Å²) in [6.07, 6.45) is 3.85. The summed E-state index contributed by atoms with van der Waals surface area (Å²) in [6, 6.07) is 2.77. The third-order valence-electron chi connectivity index (χ3n) is 3.69. The second-order valence-electron chi connectivity index (χ2n) is 5.18. The van der Waals surface area contributed by atoms with Gasteiger partial charge in [0.2, 0.25) is 5.91 Å². The van der Waals surface area contributed by atoms with Gasteiger partial charge in [0.1, 0.15) is 11.6 Å². The minimum atomic E-state index is -0.402. The van der Waals surface area contributed by atoms with E-state index in [9.17, 15) is 9.18 Å². The van der Waals surface area contributed by atoms with Crippen LogP contribution >= 0.6 is 24.8 Å². The lowest BCUT2D eigenvalue weighted by Gasteiger charge is -2.27. The minimum absolute atomic E-state index is 0. The predicted molar refractivity (Wildman–Crippen MR) is 86.7 cm³/mol. The average Bonchev–Trinajstić information content (AvgIpc) is 2.42. The Kier molecular flexibility index (Phi) is 9.49. The van der Waals surface area contributed by atoms with E-state index in [0.717, 1.165) is 32.1 Å². The number of nitrogens with one attached hydrogen (secondary N) is 2. The molecule has 21 heavy (non-hydrogen) atoms. The van der Waals surface area contributed by atoms with Crippen LogP contribution in [0.1, 0.15) is 26.2 Å². The number of hydrogen-bond acceptors (Lipinski definition) is 3. The number of rotatable bonds is 4. The molecule has 2 rings (SSSR count). The summed E-state index contributed by atoms with van der Waals surface area (Å²) in [5.74, 6) is 0.922. The molecule has 0 spiro atoms. The monoisotopic (exact) mass is 337 g/mol. The molecule has 1 aliphatic heterocycles. The van der Waals surface area contributed by atoms with Gasteiger partial charge in [0.05, 0.1) is 6.20 Å². The van der Waals surface area contributed by atoms with Crippen molar-refractivity contribution in [1.29, 1.82) is 0 Å². The number of halogens is 3. The van der Waals surface area contributed by atoms with Crippen LogP contribution in [0.25, 0.3) is 0 Å². The normalized spacial score (nSPS) is 16.3. The van der Waals surface area contributed by atoms with Gasteiger partial charge in [0.25, 0.3) is 0 Å². The molecule has 0 bridgehead atoms. The highest BCUT2D eigenvalue weighted by Crippen LogP contribution is 2.24. The fourth-order valence-corrected chi connectivity index (χ4v) is 2.52. The van der Waals surface area contributed by atoms with E-state index in [1.165, 1.54) is 12.1 Å². The third-order valence-corrected chi connectivity index (χ3v) is 3.69. The number of hydrogen-bond donors (Lipinski definition) is 2. The van der Waals surface area contributed by atoms with Crippen molar-refractivity contribution in [1.82, 2.24) is 10.3 Å². The molecule has 0 saturated carbocycles. The summed E-state index contributed by atoms with van der Waals surface area (Å²) in [6.45, 7) is 4.19. The van der Waals surface area contributed by atoms with E-state index >= 15 is 0 Å². The summed E-state index contributed by atoms with van der Waals surface area (Å²) in [7, 11) is 0. The Morgan fingerprint density at radius 2 is 2.10 bits per heavy atom. The van der Waals surface area contributed by atoms with Gasteiger partial charge in [-0.2, -0.15) is 0 Å². The van der Waals surface area contributed by atoms with Crippen molar-refractivity contribution >= 4 is 36.5 Å². The molecule has 120 valence electrons. The number of carbonyl (C=O) groups is 1. The summed E-state index contributed by atoms with van der Waals surface area (Å²) in [4.78, 5) is 15.7. The van der Waals surface area contributed by atoms with Crippen molar-refractivity contribution in [3.63, 3.8) is 0 Å². The van der Waals surface area contributed by atoms with Crippen molar-refractivity contribution < 1.29 is 9.18 Å². The van der Waals surface area contributed by atoms with Crippen LogP contribution < -0.4 is 10.6 Å². The molecule has 0 radical (unpaired) electrons. The number of anilines is 1. The van der Waals surface area contributed by atoms with Gasteiger partial charge in [-0.3, -0.25) is 4.79 Å². The zero-order valence-electron chi connectivity index (χ0n) is 12.0. The molecule has 1 atom stereocenters. The molecule has 7 heteroatoms. The number of nitrogens with zero attached hydrogens (tertiary/aromatic N) is 1. The number of carbonyl (C=O) groups excluding carboxylic acids is 1. The minimum Gasteiger partial charge on any atom is -0.317 e. The highest BCUT2D eigenvalue weighted by atomic mass is 35.5. The highest BCUT2D eigenvalue weighted by molar-refractivity contribution is 5.89. The summed E-state index contributed by atoms with van der Waals surface area (Å²) in [5, 5.41) is 6.03. The first-order valence-corrected chi connectivity index (χ1v) is 6.77. The maximum atomic E-state index is 12.7. The van der Waals surface area contributed by atoms with Crippen LogP contribution in [0.15, 0.2) is 18.3 Å². The fourth-order valence-electron chi connectivity index (χ4n) is 2.52. The van der Waals surface area contributed by atoms with Crippen LogP contribution in [0.5, 0.6) is 0 Å². The van der Waals surface area contributed by atoms with Gasteiger partial charge in [-0.25, -0.2) is 9.37 Å². The van der Waals surface area contributed by atoms with Crippen LogP contribution in [0.3, 0.4) is 0 Å². The van der Waals surface area contributed by atoms with Gasteiger partial charge in [-0.15, -0.1) is 24.8 Å². The molecule has 4 nitrogen and oxygen atoms in total. The van der Waals surface area contributed by atoms with Gasteiger partial charge < -0.3 is 10.6 Å². The molecule has 1 amide bonds. The molecular formula is C14H22Cl2FN3O. The summed E-state index contributed by atoms with van der Waals surface area (Å²) in [5.41, 5.74) is 0. The second kappa shape index (κ2) is 9.92. The lowest BCUT2D eigenvalue weighted by atomic mass is 9.84. The van der Waals surface area contributed by atoms with E-state index < -0.39 is 5.82 Å². The molecule has 1 aliphatic rings. The zero-order chi connectivity index (χ0) is 13.7. The number of piperidine rings is 1. The predicted octanol–water partition coefficient (Wildman–Crippen LogP) is 3.03. The van der Waals surface area contributed by atoms with Crippen molar-refractivity contribution in [3.05, 3.63) is 24.1 Å². The van der Waals surface area contributed by atoms with Crippen LogP contribution in [-0.2, 0) is 4.79 Å². The lowest BCUT2D eigenvalue weighted by Crippen LogP contribution is -2.32. The van der Waals surface area contributed by atoms with Gasteiger partial charge >= 0.3 is 0 Å². The SMILES string of the molecule is CC(CC(=O)Nc1ccc(F)cn1)C1CCNCC1.Cl.Cl. The molecule has 1 aromatic rings. The first-order chi connectivity index (χ1) is 9.15. The highest BCUT2D eigenvalue weighted by Gasteiger charge is 2.22. The van der Waals surface area contributed by atoms with Crippen LogP contribution in [0, 0.1) is 17.7 Å². The Labute approximate surface area is 137 Å². The molecule has 2 N–H and O–H groups in total. The van der Waals surface area contributed by atoms with Crippen LogP contribution in [0.4, 0.5) is 10.2 Å². The first kappa shape index (κ1) is 20.1. The Hall–Kier alpha value is -0.910. The van der Waals surface area contributed by atoms with Crippen LogP contribution in [0.2, 0.25) is 0 Å². The Bertz CT molecular complexity index is 425. The summed E-state index contributed by atoms with van der Waals surface area (Å²) < 4.78 is 12.7. The first-order valence-electron chi connectivity index (χ1n) is 6.77. The van der Waals surface area contributed by atoms with E-state index in [2.05, 4.69) is 22.5 Å². The standard InChI is InChI=1S/C14H20FN3O.2ClH/c1-10(11-4-6-16-7-5-11)8-14(19)18-13-3-2-12(15)9-17-13;;/h2-3,9-11,16H,4-8H2,1H3,(H,17,18,19);2*1H. The quantitative estimate of drug-likeness (QED) is 0.887. The number of aromatic nitrogens is 1. The number of pyridine rings is 1. The molecule has 1 aromatic heterocycles. The molecule has 0 aliphatic carbocycles. The van der Waals surface area contributed by atoms with Crippen molar-refractivity contribution in [2.24, 2.45) is 11.8 Å². The molecule has 1 saturated heterocycles.